The first-order chi connectivity index (χ1) is 11.7. The Labute approximate surface area is 150 Å². The Morgan fingerprint density at radius 1 is 0.875 bits per heavy atom. The third-order valence-electron chi connectivity index (χ3n) is 5.15. The van der Waals surface area contributed by atoms with Gasteiger partial charge in [0.2, 0.25) is 0 Å². The molecule has 3 rings (SSSR count). The molecule has 0 bridgehead atoms. The van der Waals surface area contributed by atoms with Gasteiger partial charge in [0.05, 0.1) is 0 Å². The average Bonchev–Trinajstić information content (AvgIpc) is 2.66. The Morgan fingerprint density at radius 2 is 1.46 bits per heavy atom. The predicted octanol–water partition coefficient (Wildman–Crippen LogP) is 4.56. The smallest absolute Gasteiger partial charge is 0.0267 e. The van der Waals surface area contributed by atoms with E-state index in [1.165, 1.54) is 64.8 Å². The SMILES string of the molecule is CC.CC1CCC(CCN2CCN(C)CC2)CC1.c1ccncc1. The Kier molecular flexibility index (Phi) is 11.8. The van der Waals surface area contributed by atoms with Gasteiger partial charge in [-0.15, -0.1) is 0 Å². The first-order valence-electron chi connectivity index (χ1n) is 10.00. The molecule has 0 atom stereocenters. The molecule has 2 heterocycles. The fourth-order valence-corrected chi connectivity index (χ4v) is 3.37. The number of hydrogen-bond acceptors (Lipinski definition) is 3. The van der Waals surface area contributed by atoms with Gasteiger partial charge in [-0.3, -0.25) is 4.98 Å². The topological polar surface area (TPSA) is 19.4 Å². The second-order valence-corrected chi connectivity index (χ2v) is 7.08. The molecule has 138 valence electrons. The van der Waals surface area contributed by atoms with Crippen LogP contribution in [0, 0.1) is 11.8 Å². The molecule has 1 aliphatic heterocycles. The van der Waals surface area contributed by atoms with Gasteiger partial charge in [-0.2, -0.15) is 0 Å². The van der Waals surface area contributed by atoms with Gasteiger partial charge in [0.15, 0.2) is 0 Å². The van der Waals surface area contributed by atoms with E-state index in [1.807, 2.05) is 32.0 Å². The van der Waals surface area contributed by atoms with Gasteiger partial charge in [0, 0.05) is 38.6 Å². The number of likely N-dealkylation sites (N-methyl/N-ethyl adjacent to an activating group) is 1. The normalized spacial score (nSPS) is 25.0. The summed E-state index contributed by atoms with van der Waals surface area (Å²) >= 11 is 0. The molecule has 0 unspecified atom stereocenters. The van der Waals surface area contributed by atoms with Crippen LogP contribution >= 0.6 is 0 Å². The minimum absolute atomic E-state index is 1.000. The molecule has 0 aromatic carbocycles. The summed E-state index contributed by atoms with van der Waals surface area (Å²) in [5, 5.41) is 0. The summed E-state index contributed by atoms with van der Waals surface area (Å²) in [7, 11) is 2.24. The molecule has 2 fully saturated rings. The van der Waals surface area contributed by atoms with Crippen molar-refractivity contribution in [3.8, 4) is 0 Å². The Hall–Kier alpha value is -0.930. The van der Waals surface area contributed by atoms with Crippen LogP contribution in [0.1, 0.15) is 52.9 Å². The first kappa shape index (κ1) is 21.1. The molecule has 1 saturated carbocycles. The van der Waals surface area contributed by atoms with Crippen molar-refractivity contribution < 1.29 is 0 Å². The molecule has 3 heteroatoms. The monoisotopic (exact) mass is 333 g/mol. The quantitative estimate of drug-likeness (QED) is 0.808. The molecule has 0 amide bonds. The summed E-state index contributed by atoms with van der Waals surface area (Å²) in [4.78, 5) is 8.89. The molecule has 1 aromatic rings. The molecule has 1 aromatic heterocycles. The van der Waals surface area contributed by atoms with Gasteiger partial charge in [0.1, 0.15) is 0 Å². The van der Waals surface area contributed by atoms with Crippen molar-refractivity contribution in [3.05, 3.63) is 30.6 Å². The number of nitrogens with zero attached hydrogens (tertiary/aromatic N) is 3. The molecule has 1 saturated heterocycles. The lowest BCUT2D eigenvalue weighted by atomic mass is 9.81. The van der Waals surface area contributed by atoms with E-state index in [9.17, 15) is 0 Å². The van der Waals surface area contributed by atoms with Crippen LogP contribution in [0.4, 0.5) is 0 Å². The highest BCUT2D eigenvalue weighted by Gasteiger charge is 2.20. The maximum atomic E-state index is 3.78. The summed E-state index contributed by atoms with van der Waals surface area (Å²) in [6, 6.07) is 5.72. The lowest BCUT2D eigenvalue weighted by Gasteiger charge is -2.34. The second-order valence-electron chi connectivity index (χ2n) is 7.08. The van der Waals surface area contributed by atoms with Crippen molar-refractivity contribution in [2.45, 2.75) is 52.9 Å². The maximum Gasteiger partial charge on any atom is 0.0267 e. The molecule has 0 N–H and O–H groups in total. The van der Waals surface area contributed by atoms with Crippen LogP contribution < -0.4 is 0 Å². The third-order valence-corrected chi connectivity index (χ3v) is 5.15. The summed E-state index contributed by atoms with van der Waals surface area (Å²) in [5.74, 6) is 2.04. The number of hydrogen-bond donors (Lipinski definition) is 0. The van der Waals surface area contributed by atoms with Gasteiger partial charge in [0.25, 0.3) is 0 Å². The van der Waals surface area contributed by atoms with Crippen molar-refractivity contribution >= 4 is 0 Å². The molecule has 3 nitrogen and oxygen atoms in total. The molecular weight excluding hydrogens is 294 g/mol. The third kappa shape index (κ3) is 9.39. The molecule has 2 aliphatic rings. The van der Waals surface area contributed by atoms with Gasteiger partial charge in [-0.25, -0.2) is 0 Å². The number of aromatic nitrogens is 1. The van der Waals surface area contributed by atoms with Gasteiger partial charge in [-0.1, -0.05) is 52.5 Å². The number of pyridine rings is 1. The minimum Gasteiger partial charge on any atom is -0.304 e. The lowest BCUT2D eigenvalue weighted by Crippen LogP contribution is -2.45. The van der Waals surface area contributed by atoms with Gasteiger partial charge in [-0.05, 0) is 44.0 Å². The largest absolute Gasteiger partial charge is 0.304 e. The average molecular weight is 334 g/mol. The van der Waals surface area contributed by atoms with Gasteiger partial charge < -0.3 is 9.80 Å². The van der Waals surface area contributed by atoms with E-state index in [-0.39, 0.29) is 0 Å². The highest BCUT2D eigenvalue weighted by molar-refractivity contribution is 4.88. The maximum absolute atomic E-state index is 3.78. The van der Waals surface area contributed by atoms with Crippen molar-refractivity contribution in [1.29, 1.82) is 0 Å². The minimum atomic E-state index is 1.000. The van der Waals surface area contributed by atoms with E-state index < -0.39 is 0 Å². The van der Waals surface area contributed by atoms with Crippen molar-refractivity contribution in [3.63, 3.8) is 0 Å². The van der Waals surface area contributed by atoms with Crippen LogP contribution in [0.5, 0.6) is 0 Å². The standard InChI is InChI=1S/C14H28N2.C5H5N.C2H6/c1-13-3-5-14(6-4-13)7-8-16-11-9-15(2)10-12-16;1-2-4-6-5-3-1;1-2/h13-14H,3-12H2,1-2H3;1-5H;1-2H3. The first-order valence-corrected chi connectivity index (χ1v) is 10.00. The van der Waals surface area contributed by atoms with E-state index in [0.717, 1.165) is 11.8 Å². The molecule has 0 radical (unpaired) electrons. The molecule has 24 heavy (non-hydrogen) atoms. The Morgan fingerprint density at radius 3 is 1.92 bits per heavy atom. The van der Waals surface area contributed by atoms with Crippen LogP contribution in [0.2, 0.25) is 0 Å². The van der Waals surface area contributed by atoms with Crippen LogP contribution in [-0.2, 0) is 0 Å². The van der Waals surface area contributed by atoms with E-state index in [0.29, 0.717) is 0 Å². The van der Waals surface area contributed by atoms with E-state index >= 15 is 0 Å². The zero-order valence-corrected chi connectivity index (χ0v) is 16.5. The number of rotatable bonds is 3. The van der Waals surface area contributed by atoms with Gasteiger partial charge >= 0.3 is 0 Å². The molecule has 1 aliphatic carbocycles. The second kappa shape index (κ2) is 13.4. The lowest BCUT2D eigenvalue weighted by molar-refractivity contribution is 0.140. The summed E-state index contributed by atoms with van der Waals surface area (Å²) in [5.41, 5.74) is 0. The van der Waals surface area contributed by atoms with E-state index in [4.69, 9.17) is 0 Å². The zero-order valence-electron chi connectivity index (χ0n) is 16.5. The highest BCUT2D eigenvalue weighted by Crippen LogP contribution is 2.30. The van der Waals surface area contributed by atoms with Crippen LogP contribution in [0.15, 0.2) is 30.6 Å². The van der Waals surface area contributed by atoms with Crippen molar-refractivity contribution in [1.82, 2.24) is 14.8 Å². The highest BCUT2D eigenvalue weighted by atomic mass is 15.2. The predicted molar refractivity (Wildman–Crippen MR) is 105 cm³/mol. The summed E-state index contributed by atoms with van der Waals surface area (Å²) in [6.45, 7) is 12.9. The summed E-state index contributed by atoms with van der Waals surface area (Å²) < 4.78 is 0. The van der Waals surface area contributed by atoms with Crippen molar-refractivity contribution in [2.24, 2.45) is 11.8 Å². The van der Waals surface area contributed by atoms with E-state index in [2.05, 4.69) is 28.8 Å². The molecule has 0 spiro atoms. The number of piperazine rings is 1. The fraction of sp³-hybridized carbons (Fsp3) is 0.762. The van der Waals surface area contributed by atoms with E-state index in [1.54, 1.807) is 12.4 Å². The van der Waals surface area contributed by atoms with Crippen LogP contribution in [0.3, 0.4) is 0 Å². The Balaban J connectivity index is 0.000000300. The van der Waals surface area contributed by atoms with Crippen LogP contribution in [0.25, 0.3) is 0 Å². The van der Waals surface area contributed by atoms with Crippen molar-refractivity contribution in [2.75, 3.05) is 39.8 Å². The fourth-order valence-electron chi connectivity index (χ4n) is 3.37. The summed E-state index contributed by atoms with van der Waals surface area (Å²) in [6.07, 6.45) is 10.9. The Bertz CT molecular complexity index is 317. The van der Waals surface area contributed by atoms with Crippen LogP contribution in [-0.4, -0.2) is 54.6 Å². The zero-order chi connectivity index (χ0) is 17.6. The molecular formula is C21H39N3.